The number of ether oxygens (including phenoxy) is 1. The van der Waals surface area contributed by atoms with Crippen molar-refractivity contribution in [3.8, 4) is 0 Å². The van der Waals surface area contributed by atoms with E-state index in [-0.39, 0.29) is 0 Å². The lowest BCUT2D eigenvalue weighted by Gasteiger charge is -2.21. The molecular weight excluding hydrogens is 358 g/mol. The van der Waals surface area contributed by atoms with Gasteiger partial charge in [0.05, 0.1) is 6.26 Å². The van der Waals surface area contributed by atoms with Crippen LogP contribution in [0, 0.1) is 5.92 Å². The zero-order valence-electron chi connectivity index (χ0n) is 16.0. The minimum atomic E-state index is 0.536. The van der Waals surface area contributed by atoms with E-state index in [0.29, 0.717) is 19.1 Å². The van der Waals surface area contributed by atoms with Crippen LogP contribution in [-0.4, -0.2) is 49.9 Å². The Labute approximate surface area is 166 Å². The number of benzene rings is 1. The number of guanidine groups is 1. The second kappa shape index (κ2) is 11.0. The standard InChI is InChI=1S/C21H29N3O2S/c1-22-21(23-11-6-13-25-16-19-7-5-14-26-19)24-12-10-18(15-24)17-27-20-8-3-2-4-9-20/h2-5,7-9,14,18H,6,10-13,15-17H2,1H3,(H,22,23). The smallest absolute Gasteiger partial charge is 0.193 e. The van der Waals surface area contributed by atoms with Gasteiger partial charge in [-0.25, -0.2) is 0 Å². The highest BCUT2D eigenvalue weighted by molar-refractivity contribution is 7.99. The molecule has 1 fully saturated rings. The Morgan fingerprint density at radius 3 is 2.96 bits per heavy atom. The fourth-order valence-electron chi connectivity index (χ4n) is 3.17. The molecule has 1 aromatic heterocycles. The molecule has 1 unspecified atom stereocenters. The Kier molecular flexibility index (Phi) is 8.11. The number of hydrogen-bond donors (Lipinski definition) is 1. The molecule has 0 spiro atoms. The maximum absolute atomic E-state index is 5.62. The molecule has 3 rings (SSSR count). The summed E-state index contributed by atoms with van der Waals surface area (Å²) in [4.78, 5) is 8.18. The van der Waals surface area contributed by atoms with Crippen LogP contribution in [0.1, 0.15) is 18.6 Å². The number of thioether (sulfide) groups is 1. The first-order valence-corrected chi connectivity index (χ1v) is 10.6. The third-order valence-corrected chi connectivity index (χ3v) is 5.84. The molecule has 0 radical (unpaired) electrons. The molecule has 0 amide bonds. The minimum Gasteiger partial charge on any atom is -0.467 e. The van der Waals surface area contributed by atoms with Gasteiger partial charge >= 0.3 is 0 Å². The molecule has 1 saturated heterocycles. The van der Waals surface area contributed by atoms with Crippen molar-refractivity contribution in [2.75, 3.05) is 39.0 Å². The predicted octanol–water partition coefficient (Wildman–Crippen LogP) is 3.88. The maximum Gasteiger partial charge on any atom is 0.193 e. The van der Waals surface area contributed by atoms with Crippen LogP contribution < -0.4 is 5.32 Å². The zero-order chi connectivity index (χ0) is 18.7. The number of nitrogens with zero attached hydrogens (tertiary/aromatic N) is 2. The van der Waals surface area contributed by atoms with Crippen LogP contribution in [0.5, 0.6) is 0 Å². The number of aliphatic imine (C=N–C) groups is 1. The number of rotatable bonds is 9. The second-order valence-corrected chi connectivity index (χ2v) is 7.78. The first-order valence-electron chi connectivity index (χ1n) is 9.58. The molecule has 27 heavy (non-hydrogen) atoms. The lowest BCUT2D eigenvalue weighted by atomic mass is 10.2. The summed E-state index contributed by atoms with van der Waals surface area (Å²) in [5.74, 6) is 3.76. The van der Waals surface area contributed by atoms with Crippen molar-refractivity contribution in [2.45, 2.75) is 24.3 Å². The first kappa shape index (κ1) is 19.8. The Balaban J connectivity index is 1.30. The summed E-state index contributed by atoms with van der Waals surface area (Å²) in [5.41, 5.74) is 0. The van der Waals surface area contributed by atoms with E-state index in [1.807, 2.05) is 30.9 Å². The Bertz CT molecular complexity index is 676. The van der Waals surface area contributed by atoms with Gasteiger partial charge in [-0.05, 0) is 43.0 Å². The molecule has 2 aromatic rings. The summed E-state index contributed by atoms with van der Waals surface area (Å²) < 4.78 is 10.9. The third-order valence-electron chi connectivity index (χ3n) is 4.60. The molecule has 1 aliphatic heterocycles. The van der Waals surface area contributed by atoms with Crippen molar-refractivity contribution in [2.24, 2.45) is 10.9 Å². The summed E-state index contributed by atoms with van der Waals surface area (Å²) in [6.07, 6.45) is 3.85. The fraction of sp³-hybridized carbons (Fsp3) is 0.476. The van der Waals surface area contributed by atoms with E-state index in [4.69, 9.17) is 9.15 Å². The van der Waals surface area contributed by atoms with Gasteiger partial charge < -0.3 is 19.4 Å². The molecule has 0 aliphatic carbocycles. The Morgan fingerprint density at radius 1 is 1.30 bits per heavy atom. The number of furan rings is 1. The first-order chi connectivity index (χ1) is 13.3. The normalized spacial score (nSPS) is 17.4. The fourth-order valence-corrected chi connectivity index (χ4v) is 4.22. The van der Waals surface area contributed by atoms with Gasteiger partial charge in [-0.2, -0.15) is 0 Å². The van der Waals surface area contributed by atoms with E-state index >= 15 is 0 Å². The van der Waals surface area contributed by atoms with Crippen LogP contribution in [0.4, 0.5) is 0 Å². The Morgan fingerprint density at radius 2 is 2.19 bits per heavy atom. The van der Waals surface area contributed by atoms with Crippen LogP contribution in [0.3, 0.4) is 0 Å². The highest BCUT2D eigenvalue weighted by atomic mass is 32.2. The van der Waals surface area contributed by atoms with Crippen LogP contribution >= 0.6 is 11.8 Å². The van der Waals surface area contributed by atoms with Gasteiger partial charge in [-0.3, -0.25) is 4.99 Å². The van der Waals surface area contributed by atoms with Crippen molar-refractivity contribution in [1.29, 1.82) is 0 Å². The molecule has 1 aromatic carbocycles. The van der Waals surface area contributed by atoms with Crippen molar-refractivity contribution >= 4 is 17.7 Å². The van der Waals surface area contributed by atoms with Gasteiger partial charge in [0, 0.05) is 43.9 Å². The van der Waals surface area contributed by atoms with Crippen LogP contribution in [0.15, 0.2) is 63.0 Å². The van der Waals surface area contributed by atoms with Gasteiger partial charge in [0.1, 0.15) is 12.4 Å². The van der Waals surface area contributed by atoms with Crippen molar-refractivity contribution in [3.63, 3.8) is 0 Å². The summed E-state index contributed by atoms with van der Waals surface area (Å²) in [5, 5.41) is 3.47. The summed E-state index contributed by atoms with van der Waals surface area (Å²) in [6, 6.07) is 14.5. The quantitative estimate of drug-likeness (QED) is 0.306. The molecule has 146 valence electrons. The molecular formula is C21H29N3O2S. The van der Waals surface area contributed by atoms with Crippen molar-refractivity contribution in [3.05, 3.63) is 54.5 Å². The monoisotopic (exact) mass is 387 g/mol. The van der Waals surface area contributed by atoms with Gasteiger partial charge in [-0.1, -0.05) is 18.2 Å². The van der Waals surface area contributed by atoms with Crippen molar-refractivity contribution < 1.29 is 9.15 Å². The molecule has 1 N–H and O–H groups in total. The average Bonchev–Trinajstić information content (AvgIpc) is 3.39. The minimum absolute atomic E-state index is 0.536. The Hall–Kier alpha value is -1.92. The SMILES string of the molecule is CN=C(NCCCOCc1ccco1)N1CCC(CSc2ccccc2)C1. The van der Waals surface area contributed by atoms with Crippen LogP contribution in [0.2, 0.25) is 0 Å². The maximum atomic E-state index is 5.62. The molecule has 0 saturated carbocycles. The van der Waals surface area contributed by atoms with E-state index in [0.717, 1.165) is 43.5 Å². The third kappa shape index (κ3) is 6.63. The number of likely N-dealkylation sites (tertiary alicyclic amines) is 1. The van der Waals surface area contributed by atoms with Gasteiger partial charge in [-0.15, -0.1) is 11.8 Å². The largest absolute Gasteiger partial charge is 0.467 e. The number of nitrogens with one attached hydrogen (secondary N) is 1. The zero-order valence-corrected chi connectivity index (χ0v) is 16.8. The molecule has 2 heterocycles. The molecule has 0 bridgehead atoms. The van der Waals surface area contributed by atoms with E-state index < -0.39 is 0 Å². The van der Waals surface area contributed by atoms with Gasteiger partial charge in [0.2, 0.25) is 0 Å². The van der Waals surface area contributed by atoms with Crippen molar-refractivity contribution in [1.82, 2.24) is 10.2 Å². The lowest BCUT2D eigenvalue weighted by Crippen LogP contribution is -2.40. The highest BCUT2D eigenvalue weighted by Gasteiger charge is 2.24. The molecule has 6 heteroatoms. The van der Waals surface area contributed by atoms with E-state index in [9.17, 15) is 0 Å². The van der Waals surface area contributed by atoms with E-state index in [1.165, 1.54) is 11.3 Å². The van der Waals surface area contributed by atoms with E-state index in [1.54, 1.807) is 6.26 Å². The molecule has 5 nitrogen and oxygen atoms in total. The summed E-state index contributed by atoms with van der Waals surface area (Å²) in [7, 11) is 1.86. The second-order valence-electron chi connectivity index (χ2n) is 6.68. The van der Waals surface area contributed by atoms with Crippen LogP contribution in [-0.2, 0) is 11.3 Å². The topological polar surface area (TPSA) is 50.0 Å². The van der Waals surface area contributed by atoms with Gasteiger partial charge in [0.15, 0.2) is 5.96 Å². The average molecular weight is 388 g/mol. The highest BCUT2D eigenvalue weighted by Crippen LogP contribution is 2.25. The molecule has 1 aliphatic rings. The van der Waals surface area contributed by atoms with E-state index in [2.05, 4.69) is 45.5 Å². The lowest BCUT2D eigenvalue weighted by molar-refractivity contribution is 0.104. The predicted molar refractivity (Wildman–Crippen MR) is 111 cm³/mol. The summed E-state index contributed by atoms with van der Waals surface area (Å²) in [6.45, 7) is 4.27. The van der Waals surface area contributed by atoms with Crippen LogP contribution in [0.25, 0.3) is 0 Å². The number of hydrogen-bond acceptors (Lipinski definition) is 4. The van der Waals surface area contributed by atoms with Gasteiger partial charge in [0.25, 0.3) is 0 Å². The summed E-state index contributed by atoms with van der Waals surface area (Å²) >= 11 is 1.95. The molecule has 1 atom stereocenters.